The first-order chi connectivity index (χ1) is 11.3. The molecule has 1 aromatic carbocycles. The van der Waals surface area contributed by atoms with Crippen LogP contribution in [0.1, 0.15) is 43.9 Å². The highest BCUT2D eigenvalue weighted by Gasteiger charge is 2.15. The average molecular weight is 333 g/mol. The number of amides is 3. The molecule has 3 amide bonds. The average Bonchev–Trinajstić information content (AvgIpc) is 2.95. The number of carbonyl (C=O) groups is 2. The van der Waals surface area contributed by atoms with E-state index in [-0.39, 0.29) is 6.03 Å². The van der Waals surface area contributed by atoms with Gasteiger partial charge in [0, 0.05) is 19.6 Å². The second-order valence-electron chi connectivity index (χ2n) is 6.99. The molecule has 132 valence electrons. The maximum Gasteiger partial charge on any atom is 0.407 e. The van der Waals surface area contributed by atoms with Crippen LogP contribution < -0.4 is 16.0 Å². The minimum Gasteiger partial charge on any atom is -0.444 e. The van der Waals surface area contributed by atoms with E-state index in [9.17, 15) is 9.59 Å². The van der Waals surface area contributed by atoms with Crippen molar-refractivity contribution >= 4 is 12.1 Å². The molecule has 0 aliphatic heterocycles. The van der Waals surface area contributed by atoms with Gasteiger partial charge in [-0.2, -0.15) is 0 Å². The summed E-state index contributed by atoms with van der Waals surface area (Å²) in [7, 11) is 0. The Bertz CT molecular complexity index is 594. The van der Waals surface area contributed by atoms with Gasteiger partial charge < -0.3 is 20.7 Å². The Labute approximate surface area is 143 Å². The molecule has 6 nitrogen and oxygen atoms in total. The zero-order valence-electron chi connectivity index (χ0n) is 14.7. The lowest BCUT2D eigenvalue weighted by molar-refractivity contribution is 0.0528. The first-order valence-corrected chi connectivity index (χ1v) is 8.43. The molecule has 0 aromatic heterocycles. The molecule has 0 atom stereocenters. The molecule has 2 rings (SSSR count). The number of hydrogen-bond donors (Lipinski definition) is 3. The van der Waals surface area contributed by atoms with Gasteiger partial charge in [0.05, 0.1) is 0 Å². The Kier molecular flexibility index (Phi) is 6.06. The van der Waals surface area contributed by atoms with Crippen molar-refractivity contribution in [3.8, 4) is 0 Å². The van der Waals surface area contributed by atoms with Crippen LogP contribution in [0.5, 0.6) is 0 Å². The second-order valence-corrected chi connectivity index (χ2v) is 6.99. The van der Waals surface area contributed by atoms with E-state index in [4.69, 9.17) is 4.74 Å². The molecule has 1 aliphatic rings. The van der Waals surface area contributed by atoms with Crippen molar-refractivity contribution < 1.29 is 14.3 Å². The maximum absolute atomic E-state index is 11.8. The van der Waals surface area contributed by atoms with Gasteiger partial charge in [0.15, 0.2) is 0 Å². The van der Waals surface area contributed by atoms with Crippen LogP contribution >= 0.6 is 0 Å². The van der Waals surface area contributed by atoms with E-state index in [0.717, 1.165) is 18.4 Å². The molecule has 0 fully saturated rings. The number of benzene rings is 1. The molecule has 3 N–H and O–H groups in total. The molecule has 1 aromatic rings. The first-order valence-electron chi connectivity index (χ1n) is 8.43. The van der Waals surface area contributed by atoms with E-state index in [2.05, 4.69) is 34.1 Å². The topological polar surface area (TPSA) is 79.5 Å². The molecule has 0 spiro atoms. The Hall–Kier alpha value is -2.24. The molecule has 0 bridgehead atoms. The summed E-state index contributed by atoms with van der Waals surface area (Å²) in [5, 5.41) is 8.12. The fraction of sp³-hybridized carbons (Fsp3) is 0.556. The van der Waals surface area contributed by atoms with Crippen molar-refractivity contribution in [1.29, 1.82) is 0 Å². The van der Waals surface area contributed by atoms with E-state index in [1.807, 2.05) is 0 Å². The van der Waals surface area contributed by atoms with Crippen molar-refractivity contribution in [1.82, 2.24) is 16.0 Å². The summed E-state index contributed by atoms with van der Waals surface area (Å²) in [5.41, 5.74) is 3.41. The van der Waals surface area contributed by atoms with Gasteiger partial charge in [0.25, 0.3) is 0 Å². The van der Waals surface area contributed by atoms with Gasteiger partial charge in [0.2, 0.25) is 0 Å². The highest BCUT2D eigenvalue weighted by atomic mass is 16.6. The lowest BCUT2D eigenvalue weighted by Gasteiger charge is -2.19. The lowest BCUT2D eigenvalue weighted by Crippen LogP contribution is -2.41. The van der Waals surface area contributed by atoms with Crippen molar-refractivity contribution in [3.05, 3.63) is 34.9 Å². The normalized spacial score (nSPS) is 13.1. The number of fused-ring (bicyclic) bond motifs is 1. The van der Waals surface area contributed by atoms with E-state index in [1.54, 1.807) is 20.8 Å². The van der Waals surface area contributed by atoms with Gasteiger partial charge in [-0.1, -0.05) is 18.2 Å². The van der Waals surface area contributed by atoms with Crippen LogP contribution in [0.15, 0.2) is 18.2 Å². The Balaban J connectivity index is 1.61. The summed E-state index contributed by atoms with van der Waals surface area (Å²) in [6.07, 6.45) is 3.03. The molecule has 24 heavy (non-hydrogen) atoms. The summed E-state index contributed by atoms with van der Waals surface area (Å²) in [5.74, 6) is 0. The minimum atomic E-state index is -0.523. The van der Waals surface area contributed by atoms with Crippen molar-refractivity contribution in [2.24, 2.45) is 0 Å². The molecule has 0 radical (unpaired) electrons. The SMILES string of the molecule is CC(C)(C)OC(=O)NCCNC(=O)NCc1ccc2c(c1)CCC2. The fourth-order valence-corrected chi connectivity index (χ4v) is 2.63. The van der Waals surface area contributed by atoms with Gasteiger partial charge in [-0.25, -0.2) is 9.59 Å². The van der Waals surface area contributed by atoms with Gasteiger partial charge >= 0.3 is 12.1 Å². The smallest absolute Gasteiger partial charge is 0.407 e. The number of rotatable bonds is 5. The van der Waals surface area contributed by atoms with Gasteiger partial charge in [-0.05, 0) is 56.7 Å². The molecular weight excluding hydrogens is 306 g/mol. The largest absolute Gasteiger partial charge is 0.444 e. The minimum absolute atomic E-state index is 0.249. The van der Waals surface area contributed by atoms with Crippen LogP contribution in [0.25, 0.3) is 0 Å². The van der Waals surface area contributed by atoms with Crippen molar-refractivity contribution in [2.45, 2.75) is 52.2 Å². The number of alkyl carbamates (subject to hydrolysis) is 1. The molecular formula is C18H27N3O3. The van der Waals surface area contributed by atoms with E-state index < -0.39 is 11.7 Å². The van der Waals surface area contributed by atoms with Crippen molar-refractivity contribution in [2.75, 3.05) is 13.1 Å². The van der Waals surface area contributed by atoms with E-state index >= 15 is 0 Å². The Morgan fingerprint density at radius 3 is 2.50 bits per heavy atom. The highest BCUT2D eigenvalue weighted by Crippen LogP contribution is 2.22. The fourth-order valence-electron chi connectivity index (χ4n) is 2.63. The summed E-state index contributed by atoms with van der Waals surface area (Å²) >= 11 is 0. The molecule has 0 unspecified atom stereocenters. The standard InChI is InChI=1S/C18H27N3O3/c1-18(2,3)24-17(23)20-10-9-19-16(22)21-12-13-7-8-14-5-4-6-15(14)11-13/h7-8,11H,4-6,9-10,12H2,1-3H3,(H,20,23)(H2,19,21,22). The first kappa shape index (κ1) is 18.1. The number of urea groups is 1. The quantitative estimate of drug-likeness (QED) is 0.724. The second kappa shape index (κ2) is 8.04. The zero-order valence-corrected chi connectivity index (χ0v) is 14.7. The third-order valence-electron chi connectivity index (χ3n) is 3.69. The van der Waals surface area contributed by atoms with Gasteiger partial charge in [-0.3, -0.25) is 0 Å². The molecule has 0 saturated carbocycles. The summed E-state index contributed by atoms with van der Waals surface area (Å²) in [6, 6.07) is 6.14. The number of aryl methyl sites for hydroxylation is 2. The Morgan fingerprint density at radius 1 is 1.04 bits per heavy atom. The monoisotopic (exact) mass is 333 g/mol. The highest BCUT2D eigenvalue weighted by molar-refractivity contribution is 5.74. The number of ether oxygens (including phenoxy) is 1. The van der Waals surface area contributed by atoms with Crippen LogP contribution in [0.3, 0.4) is 0 Å². The van der Waals surface area contributed by atoms with Crippen LogP contribution in [0.4, 0.5) is 9.59 Å². The molecule has 0 saturated heterocycles. The molecule has 1 aliphatic carbocycles. The van der Waals surface area contributed by atoms with E-state index in [0.29, 0.717) is 19.6 Å². The predicted molar refractivity (Wildman–Crippen MR) is 92.9 cm³/mol. The Morgan fingerprint density at radius 2 is 1.75 bits per heavy atom. The number of nitrogens with one attached hydrogen (secondary N) is 3. The summed E-state index contributed by atoms with van der Waals surface area (Å²) in [4.78, 5) is 23.2. The number of hydrogen-bond acceptors (Lipinski definition) is 3. The van der Waals surface area contributed by atoms with Gasteiger partial charge in [0.1, 0.15) is 5.60 Å². The molecule has 6 heteroatoms. The third kappa shape index (κ3) is 6.10. The van der Waals surface area contributed by atoms with Crippen molar-refractivity contribution in [3.63, 3.8) is 0 Å². The van der Waals surface area contributed by atoms with E-state index in [1.165, 1.54) is 17.5 Å². The summed E-state index contributed by atoms with van der Waals surface area (Å²) < 4.78 is 5.11. The maximum atomic E-state index is 11.8. The van der Waals surface area contributed by atoms with Crippen LogP contribution in [0.2, 0.25) is 0 Å². The number of carbonyl (C=O) groups excluding carboxylic acids is 2. The lowest BCUT2D eigenvalue weighted by atomic mass is 10.1. The van der Waals surface area contributed by atoms with Crippen LogP contribution in [-0.4, -0.2) is 30.8 Å². The summed E-state index contributed by atoms with van der Waals surface area (Å²) in [6.45, 7) is 6.57. The predicted octanol–water partition coefficient (Wildman–Crippen LogP) is 2.50. The van der Waals surface area contributed by atoms with Gasteiger partial charge in [-0.15, -0.1) is 0 Å². The molecule has 0 heterocycles. The zero-order chi connectivity index (χ0) is 17.6. The third-order valence-corrected chi connectivity index (χ3v) is 3.69. The van der Waals surface area contributed by atoms with Crippen LogP contribution in [-0.2, 0) is 24.1 Å². The van der Waals surface area contributed by atoms with Crippen LogP contribution in [0, 0.1) is 0 Å².